The van der Waals surface area contributed by atoms with E-state index in [9.17, 15) is 0 Å². The molecule has 0 bridgehead atoms. The molecule has 0 aliphatic heterocycles. The van der Waals surface area contributed by atoms with E-state index >= 15 is 0 Å². The van der Waals surface area contributed by atoms with Gasteiger partial charge in [-0.25, -0.2) is 0 Å². The molecule has 0 aliphatic carbocycles. The van der Waals surface area contributed by atoms with Gasteiger partial charge in [0.1, 0.15) is 11.2 Å². The molecule has 1 aromatic heterocycles. The maximum absolute atomic E-state index is 6.41. The first-order chi connectivity index (χ1) is 31.7. The molecule has 0 amide bonds. The Morgan fingerprint density at radius 1 is 0.250 bits per heavy atom. The predicted octanol–water partition coefficient (Wildman–Crippen LogP) is 17.7. The summed E-state index contributed by atoms with van der Waals surface area (Å²) in [5.41, 5.74) is 17.0. The summed E-state index contributed by atoms with van der Waals surface area (Å²) in [5.74, 6) is 0. The van der Waals surface area contributed by atoms with Crippen molar-refractivity contribution in [2.75, 3.05) is 4.90 Å². The van der Waals surface area contributed by atoms with Crippen molar-refractivity contribution in [3.63, 3.8) is 0 Å². The topological polar surface area (TPSA) is 16.4 Å². The molecule has 12 aromatic rings. The highest BCUT2D eigenvalue weighted by Gasteiger charge is 2.19. The summed E-state index contributed by atoms with van der Waals surface area (Å²) in [6.07, 6.45) is 0. The van der Waals surface area contributed by atoms with Gasteiger partial charge in [0, 0.05) is 27.5 Å². The first-order valence-electron chi connectivity index (χ1n) is 21.9. The van der Waals surface area contributed by atoms with Crippen molar-refractivity contribution in [1.82, 2.24) is 0 Å². The van der Waals surface area contributed by atoms with Crippen LogP contribution in [-0.2, 0) is 0 Å². The Kier molecular flexibility index (Phi) is 9.20. The molecule has 64 heavy (non-hydrogen) atoms. The summed E-state index contributed by atoms with van der Waals surface area (Å²) < 4.78 is 6.41. The van der Waals surface area contributed by atoms with Crippen LogP contribution in [0.25, 0.3) is 99.1 Å². The fourth-order valence-electron chi connectivity index (χ4n) is 9.49. The predicted molar refractivity (Wildman–Crippen MR) is 271 cm³/mol. The molecule has 2 nitrogen and oxygen atoms in total. The van der Waals surface area contributed by atoms with Crippen LogP contribution in [0.15, 0.2) is 253 Å². The maximum Gasteiger partial charge on any atom is 0.135 e. The zero-order chi connectivity index (χ0) is 42.4. The van der Waals surface area contributed by atoms with Crippen LogP contribution in [0.1, 0.15) is 0 Å². The minimum absolute atomic E-state index is 0.889. The van der Waals surface area contributed by atoms with E-state index in [0.29, 0.717) is 0 Å². The summed E-state index contributed by atoms with van der Waals surface area (Å²) in [5, 5.41) is 7.09. The molecule has 0 atom stereocenters. The average Bonchev–Trinajstić information content (AvgIpc) is 3.74. The first-order valence-corrected chi connectivity index (χ1v) is 21.9. The van der Waals surface area contributed by atoms with Gasteiger partial charge in [-0.15, -0.1) is 0 Å². The molecule has 0 saturated heterocycles. The van der Waals surface area contributed by atoms with E-state index in [-0.39, 0.29) is 0 Å². The second-order valence-corrected chi connectivity index (χ2v) is 16.5. The van der Waals surface area contributed by atoms with Gasteiger partial charge in [-0.2, -0.15) is 0 Å². The number of furan rings is 1. The monoisotopic (exact) mass is 815 g/mol. The van der Waals surface area contributed by atoms with Gasteiger partial charge in [-0.05, 0) is 132 Å². The van der Waals surface area contributed by atoms with Crippen LogP contribution >= 0.6 is 0 Å². The van der Waals surface area contributed by atoms with Crippen molar-refractivity contribution in [3.8, 4) is 55.6 Å². The highest BCUT2D eigenvalue weighted by molar-refractivity contribution is 6.10. The van der Waals surface area contributed by atoms with Crippen LogP contribution in [0, 0.1) is 0 Å². The summed E-state index contributed by atoms with van der Waals surface area (Å²) in [7, 11) is 0. The lowest BCUT2D eigenvalue weighted by atomic mass is 9.93. The Bertz CT molecular complexity index is 3550. The summed E-state index contributed by atoms with van der Waals surface area (Å²) in [6.45, 7) is 0. The van der Waals surface area contributed by atoms with Crippen molar-refractivity contribution in [2.45, 2.75) is 0 Å². The lowest BCUT2D eigenvalue weighted by Gasteiger charge is -2.28. The van der Waals surface area contributed by atoms with Gasteiger partial charge in [-0.1, -0.05) is 188 Å². The van der Waals surface area contributed by atoms with Crippen LogP contribution in [-0.4, -0.2) is 0 Å². The minimum atomic E-state index is 0.889. The normalized spacial score (nSPS) is 11.4. The number of hydrogen-bond donors (Lipinski definition) is 0. The van der Waals surface area contributed by atoms with Crippen LogP contribution in [0.2, 0.25) is 0 Å². The Balaban J connectivity index is 0.940. The van der Waals surface area contributed by atoms with Crippen LogP contribution in [0.4, 0.5) is 17.1 Å². The van der Waals surface area contributed by atoms with E-state index in [2.05, 4.69) is 254 Å². The van der Waals surface area contributed by atoms with Gasteiger partial charge >= 0.3 is 0 Å². The van der Waals surface area contributed by atoms with Gasteiger partial charge in [0.2, 0.25) is 0 Å². The number of fused-ring (bicyclic) bond motifs is 5. The van der Waals surface area contributed by atoms with Crippen LogP contribution in [0.3, 0.4) is 0 Å². The molecule has 2 heteroatoms. The second-order valence-electron chi connectivity index (χ2n) is 16.5. The Morgan fingerprint density at radius 3 is 1.36 bits per heavy atom. The molecule has 12 rings (SSSR count). The van der Waals surface area contributed by atoms with E-state index in [0.717, 1.165) is 50.1 Å². The molecule has 0 spiro atoms. The Hall–Kier alpha value is -8.46. The van der Waals surface area contributed by atoms with Crippen molar-refractivity contribution < 1.29 is 4.42 Å². The fraction of sp³-hybridized carbons (Fsp3) is 0. The molecule has 0 saturated carbocycles. The summed E-state index contributed by atoms with van der Waals surface area (Å²) >= 11 is 0. The average molecular weight is 816 g/mol. The molecule has 11 aromatic carbocycles. The third-order valence-electron chi connectivity index (χ3n) is 12.7. The number of rotatable bonds is 8. The van der Waals surface area contributed by atoms with E-state index in [1.807, 2.05) is 0 Å². The Morgan fingerprint density at radius 2 is 0.688 bits per heavy atom. The number of anilines is 3. The lowest BCUT2D eigenvalue weighted by Crippen LogP contribution is -2.10. The Labute approximate surface area is 372 Å². The molecule has 0 unspecified atom stereocenters. The highest BCUT2D eigenvalue weighted by Crippen LogP contribution is 2.44. The smallest absolute Gasteiger partial charge is 0.135 e. The quantitative estimate of drug-likeness (QED) is 0.152. The van der Waals surface area contributed by atoms with Crippen molar-refractivity contribution >= 4 is 60.5 Å². The standard InChI is InChI=1S/C62H41NO/c1-3-13-42(14-4-1)44-25-31-51(32-26-44)63(52-33-27-45(28-34-52)43-15-5-2-6-16-43)60-36-35-55(56-22-9-10-23-57(56)60)49-20-11-19-47(39-49)48-29-37-61-58(40-48)59-41-50(30-38-62(59)64-61)54-24-12-18-46-17-7-8-21-53(46)54/h1-41H. The largest absolute Gasteiger partial charge is 0.456 e. The first kappa shape index (κ1) is 37.3. The zero-order valence-corrected chi connectivity index (χ0v) is 35.0. The zero-order valence-electron chi connectivity index (χ0n) is 35.0. The van der Waals surface area contributed by atoms with Gasteiger partial charge in [0.25, 0.3) is 0 Å². The van der Waals surface area contributed by atoms with Crippen LogP contribution in [0.5, 0.6) is 0 Å². The lowest BCUT2D eigenvalue weighted by molar-refractivity contribution is 0.669. The molecule has 0 aliphatic rings. The molecule has 300 valence electrons. The van der Waals surface area contributed by atoms with E-state index in [1.165, 1.54) is 66.1 Å². The molecule has 1 heterocycles. The summed E-state index contributed by atoms with van der Waals surface area (Å²) in [4.78, 5) is 2.39. The van der Waals surface area contributed by atoms with Gasteiger partial charge in [0.05, 0.1) is 5.69 Å². The maximum atomic E-state index is 6.41. The van der Waals surface area contributed by atoms with Crippen LogP contribution < -0.4 is 4.90 Å². The highest BCUT2D eigenvalue weighted by atomic mass is 16.3. The third kappa shape index (κ3) is 6.70. The fourth-order valence-corrected chi connectivity index (χ4v) is 9.49. The van der Waals surface area contributed by atoms with E-state index < -0.39 is 0 Å². The molecule has 0 fully saturated rings. The third-order valence-corrected chi connectivity index (χ3v) is 12.7. The SMILES string of the molecule is c1ccc(-c2ccc(N(c3ccc(-c4ccccc4)cc3)c3ccc(-c4cccc(-c5ccc6oc7ccc(-c8cccc9ccccc89)cc7c6c5)c4)c4ccccc34)cc2)cc1. The molecule has 0 N–H and O–H groups in total. The van der Waals surface area contributed by atoms with E-state index in [4.69, 9.17) is 4.42 Å². The van der Waals surface area contributed by atoms with E-state index in [1.54, 1.807) is 0 Å². The molecular formula is C62H41NO. The van der Waals surface area contributed by atoms with Crippen molar-refractivity contribution in [2.24, 2.45) is 0 Å². The second kappa shape index (κ2) is 15.8. The number of nitrogens with zero attached hydrogens (tertiary/aromatic N) is 1. The summed E-state index contributed by atoms with van der Waals surface area (Å²) in [6, 6.07) is 89.7. The van der Waals surface area contributed by atoms with Crippen molar-refractivity contribution in [3.05, 3.63) is 249 Å². The van der Waals surface area contributed by atoms with Gasteiger partial charge in [-0.3, -0.25) is 0 Å². The minimum Gasteiger partial charge on any atom is -0.456 e. The molecular weight excluding hydrogens is 775 g/mol. The molecule has 0 radical (unpaired) electrons. The number of hydrogen-bond acceptors (Lipinski definition) is 2. The van der Waals surface area contributed by atoms with Gasteiger partial charge in [0.15, 0.2) is 0 Å². The number of benzene rings is 11. The van der Waals surface area contributed by atoms with Crippen molar-refractivity contribution in [1.29, 1.82) is 0 Å². The van der Waals surface area contributed by atoms with Gasteiger partial charge < -0.3 is 9.32 Å².